The molecule has 5 nitrogen and oxygen atoms in total. The van der Waals surface area contributed by atoms with Gasteiger partial charge in [-0.2, -0.15) is 5.10 Å². The number of aromatic nitrogens is 2. The van der Waals surface area contributed by atoms with Gasteiger partial charge in [-0.05, 0) is 37.6 Å². The van der Waals surface area contributed by atoms with Crippen molar-refractivity contribution in [3.63, 3.8) is 0 Å². The number of carbonyl (C=O) groups is 1. The average molecular weight is 276 g/mol. The summed E-state index contributed by atoms with van der Waals surface area (Å²) < 4.78 is 15.5. The maximum Gasteiger partial charge on any atom is 0.315 e. The van der Waals surface area contributed by atoms with Crippen LogP contribution < -0.4 is 10.6 Å². The number of carbonyl (C=O) groups excluding carboxylic acids is 1. The number of nitrogens with zero attached hydrogens (tertiary/aromatic N) is 2. The molecule has 0 radical (unpaired) electrons. The van der Waals surface area contributed by atoms with E-state index in [0.29, 0.717) is 17.8 Å². The van der Waals surface area contributed by atoms with Gasteiger partial charge in [0.15, 0.2) is 0 Å². The second-order valence-corrected chi connectivity index (χ2v) is 4.39. The predicted molar refractivity (Wildman–Crippen MR) is 74.1 cm³/mol. The molecule has 2 amide bonds. The van der Waals surface area contributed by atoms with Crippen molar-refractivity contribution in [3.05, 3.63) is 48.0 Å². The van der Waals surface area contributed by atoms with E-state index in [1.165, 1.54) is 10.7 Å². The maximum atomic E-state index is 14.1. The van der Waals surface area contributed by atoms with Crippen molar-refractivity contribution in [1.82, 2.24) is 20.4 Å². The molecule has 0 aliphatic carbocycles. The number of halogens is 1. The van der Waals surface area contributed by atoms with Crippen LogP contribution in [0, 0.1) is 5.82 Å². The minimum Gasteiger partial charge on any atom is -0.338 e. The van der Waals surface area contributed by atoms with Crippen LogP contribution in [0.3, 0.4) is 0 Å². The summed E-state index contributed by atoms with van der Waals surface area (Å²) in [5.41, 5.74) is 1.08. The zero-order valence-electron chi connectivity index (χ0n) is 11.4. The van der Waals surface area contributed by atoms with Gasteiger partial charge in [0.25, 0.3) is 0 Å². The van der Waals surface area contributed by atoms with Crippen molar-refractivity contribution < 1.29 is 9.18 Å². The second kappa shape index (κ2) is 6.18. The summed E-state index contributed by atoms with van der Waals surface area (Å²) >= 11 is 0. The minimum atomic E-state index is -0.379. The Morgan fingerprint density at radius 1 is 1.50 bits per heavy atom. The Morgan fingerprint density at radius 2 is 2.30 bits per heavy atom. The Hall–Kier alpha value is -2.37. The van der Waals surface area contributed by atoms with Gasteiger partial charge in [0.05, 0.1) is 6.04 Å². The number of rotatable bonds is 4. The van der Waals surface area contributed by atoms with Gasteiger partial charge in [-0.3, -0.25) is 0 Å². The van der Waals surface area contributed by atoms with Crippen LogP contribution in [0.15, 0.2) is 36.7 Å². The van der Waals surface area contributed by atoms with Gasteiger partial charge in [0.2, 0.25) is 0 Å². The first-order valence-corrected chi connectivity index (χ1v) is 6.45. The minimum absolute atomic E-state index is 0.267. The van der Waals surface area contributed by atoms with Crippen molar-refractivity contribution in [2.24, 2.45) is 0 Å². The lowest BCUT2D eigenvalue weighted by molar-refractivity contribution is 0.238. The molecule has 0 unspecified atom stereocenters. The highest BCUT2D eigenvalue weighted by atomic mass is 19.1. The molecule has 0 bridgehead atoms. The number of hydrogen-bond donors (Lipinski definition) is 2. The molecular formula is C14H17FN4O. The molecule has 2 rings (SSSR count). The van der Waals surface area contributed by atoms with Gasteiger partial charge in [-0.25, -0.2) is 13.9 Å². The maximum absolute atomic E-state index is 14.1. The van der Waals surface area contributed by atoms with Crippen molar-refractivity contribution >= 4 is 6.03 Å². The first-order chi connectivity index (χ1) is 9.61. The molecule has 0 aliphatic rings. The second-order valence-electron chi connectivity index (χ2n) is 4.39. The first kappa shape index (κ1) is 14.0. The Kier molecular flexibility index (Phi) is 4.34. The van der Waals surface area contributed by atoms with E-state index in [-0.39, 0.29) is 17.9 Å². The Labute approximate surface area is 116 Å². The zero-order valence-corrected chi connectivity index (χ0v) is 11.4. The SMILES string of the molecule is CCNC(=O)N[C@H](C)c1ccc(-n2cccn2)c(F)c1. The molecule has 106 valence electrons. The van der Waals surface area contributed by atoms with Crippen LogP contribution in [-0.4, -0.2) is 22.4 Å². The molecule has 0 fully saturated rings. The number of benzene rings is 1. The van der Waals surface area contributed by atoms with E-state index in [0.717, 1.165) is 0 Å². The molecule has 2 N–H and O–H groups in total. The van der Waals surface area contributed by atoms with Crippen LogP contribution in [0.1, 0.15) is 25.5 Å². The van der Waals surface area contributed by atoms with Crippen LogP contribution in [-0.2, 0) is 0 Å². The van der Waals surface area contributed by atoms with E-state index in [9.17, 15) is 9.18 Å². The summed E-state index contributed by atoms with van der Waals surface area (Å²) in [6.45, 7) is 4.19. The highest BCUT2D eigenvalue weighted by Crippen LogP contribution is 2.19. The van der Waals surface area contributed by atoms with Gasteiger partial charge < -0.3 is 10.6 Å². The Morgan fingerprint density at radius 3 is 2.90 bits per heavy atom. The summed E-state index contributed by atoms with van der Waals surface area (Å²) in [5, 5.41) is 9.37. The molecule has 1 aromatic heterocycles. The van der Waals surface area contributed by atoms with Crippen LogP contribution in [0.2, 0.25) is 0 Å². The van der Waals surface area contributed by atoms with E-state index >= 15 is 0 Å². The summed E-state index contributed by atoms with van der Waals surface area (Å²) in [6, 6.07) is 6.02. The standard InChI is InChI=1S/C14H17FN4O/c1-3-16-14(20)18-10(2)11-5-6-13(12(15)9-11)19-8-4-7-17-19/h4-10H,3H2,1-2H3,(H2,16,18,20)/t10-/m1/s1. The molecule has 0 aliphatic heterocycles. The van der Waals surface area contributed by atoms with Crippen molar-refractivity contribution in [2.45, 2.75) is 19.9 Å². The third-order valence-corrected chi connectivity index (χ3v) is 2.91. The highest BCUT2D eigenvalue weighted by Gasteiger charge is 2.12. The lowest BCUT2D eigenvalue weighted by atomic mass is 10.1. The van der Waals surface area contributed by atoms with E-state index < -0.39 is 0 Å². The first-order valence-electron chi connectivity index (χ1n) is 6.45. The highest BCUT2D eigenvalue weighted by molar-refractivity contribution is 5.74. The molecule has 1 atom stereocenters. The molecule has 0 saturated heterocycles. The Balaban J connectivity index is 2.14. The lowest BCUT2D eigenvalue weighted by Crippen LogP contribution is -2.36. The van der Waals surface area contributed by atoms with Gasteiger partial charge in [0.1, 0.15) is 11.5 Å². The lowest BCUT2D eigenvalue weighted by Gasteiger charge is -2.15. The Bertz CT molecular complexity index is 583. The van der Waals surface area contributed by atoms with E-state index in [4.69, 9.17) is 0 Å². The topological polar surface area (TPSA) is 59.0 Å². The average Bonchev–Trinajstić information content (AvgIpc) is 2.92. The predicted octanol–water partition coefficient (Wildman–Crippen LogP) is 2.39. The van der Waals surface area contributed by atoms with Gasteiger partial charge in [-0.15, -0.1) is 0 Å². The normalized spacial score (nSPS) is 11.9. The van der Waals surface area contributed by atoms with Crippen molar-refractivity contribution in [2.75, 3.05) is 6.54 Å². The molecule has 0 spiro atoms. The summed E-state index contributed by atoms with van der Waals surface area (Å²) in [6.07, 6.45) is 3.26. The van der Waals surface area contributed by atoms with Crippen LogP contribution >= 0.6 is 0 Å². The number of urea groups is 1. The van der Waals surface area contributed by atoms with E-state index in [1.807, 2.05) is 6.92 Å². The zero-order chi connectivity index (χ0) is 14.5. The summed E-state index contributed by atoms with van der Waals surface area (Å²) in [5.74, 6) is -0.379. The van der Waals surface area contributed by atoms with Crippen LogP contribution in [0.4, 0.5) is 9.18 Å². The van der Waals surface area contributed by atoms with Crippen LogP contribution in [0.25, 0.3) is 5.69 Å². The number of amides is 2. The molecular weight excluding hydrogens is 259 g/mol. The third kappa shape index (κ3) is 3.14. The van der Waals surface area contributed by atoms with E-state index in [2.05, 4.69) is 15.7 Å². The molecule has 1 aromatic carbocycles. The fourth-order valence-electron chi connectivity index (χ4n) is 1.88. The fraction of sp³-hybridized carbons (Fsp3) is 0.286. The molecule has 0 saturated carbocycles. The number of hydrogen-bond acceptors (Lipinski definition) is 2. The number of nitrogens with one attached hydrogen (secondary N) is 2. The third-order valence-electron chi connectivity index (χ3n) is 2.91. The quantitative estimate of drug-likeness (QED) is 0.900. The molecule has 6 heteroatoms. The van der Waals surface area contributed by atoms with Crippen molar-refractivity contribution in [3.8, 4) is 5.69 Å². The van der Waals surface area contributed by atoms with Gasteiger partial charge >= 0.3 is 6.03 Å². The largest absolute Gasteiger partial charge is 0.338 e. The van der Waals surface area contributed by atoms with E-state index in [1.54, 1.807) is 37.5 Å². The van der Waals surface area contributed by atoms with Gasteiger partial charge in [0, 0.05) is 18.9 Å². The molecule has 20 heavy (non-hydrogen) atoms. The molecule has 1 heterocycles. The monoisotopic (exact) mass is 276 g/mol. The van der Waals surface area contributed by atoms with Crippen LogP contribution in [0.5, 0.6) is 0 Å². The smallest absolute Gasteiger partial charge is 0.315 e. The van der Waals surface area contributed by atoms with Crippen molar-refractivity contribution in [1.29, 1.82) is 0 Å². The summed E-state index contributed by atoms with van der Waals surface area (Å²) in [7, 11) is 0. The summed E-state index contributed by atoms with van der Waals surface area (Å²) in [4.78, 5) is 11.4. The molecule has 2 aromatic rings. The fourth-order valence-corrected chi connectivity index (χ4v) is 1.88. The van der Waals surface area contributed by atoms with Gasteiger partial charge in [-0.1, -0.05) is 6.07 Å².